The summed E-state index contributed by atoms with van der Waals surface area (Å²) in [5.41, 5.74) is 0.413. The van der Waals surface area contributed by atoms with Gasteiger partial charge in [-0.05, 0) is 18.2 Å². The van der Waals surface area contributed by atoms with Crippen LogP contribution in [0.2, 0.25) is 5.02 Å². The summed E-state index contributed by atoms with van der Waals surface area (Å²) in [5, 5.41) is 0.329. The van der Waals surface area contributed by atoms with Gasteiger partial charge in [-0.3, -0.25) is 4.79 Å². The van der Waals surface area contributed by atoms with Crippen molar-refractivity contribution in [1.82, 2.24) is 0 Å². The largest absolute Gasteiger partial charge is 0.495 e. The number of methoxy groups -OCH3 is 1. The van der Waals surface area contributed by atoms with Crippen LogP contribution >= 0.6 is 11.6 Å². The first kappa shape index (κ1) is 9.81. The van der Waals surface area contributed by atoms with E-state index in [2.05, 4.69) is 6.58 Å². The lowest BCUT2D eigenvalue weighted by molar-refractivity contribution is 0.104. The number of rotatable bonds is 3. The van der Waals surface area contributed by atoms with E-state index >= 15 is 0 Å². The number of hydrogen-bond donors (Lipinski definition) is 0. The second-order valence-electron chi connectivity index (χ2n) is 2.39. The highest BCUT2D eigenvalue weighted by atomic mass is 35.5. The number of carbonyl (C=O) groups is 1. The van der Waals surface area contributed by atoms with Crippen LogP contribution in [0.3, 0.4) is 0 Å². The molecule has 2 nitrogen and oxygen atoms in total. The fourth-order valence-electron chi connectivity index (χ4n) is 0.969. The maximum atomic E-state index is 11.2. The lowest BCUT2D eigenvalue weighted by Crippen LogP contribution is -1.96. The van der Waals surface area contributed by atoms with Gasteiger partial charge < -0.3 is 4.74 Å². The molecule has 3 heteroatoms. The molecule has 0 aliphatic rings. The van der Waals surface area contributed by atoms with Crippen LogP contribution in [0.15, 0.2) is 30.9 Å². The average Bonchev–Trinajstić information content (AvgIpc) is 2.17. The van der Waals surface area contributed by atoms with E-state index in [1.165, 1.54) is 13.2 Å². The summed E-state index contributed by atoms with van der Waals surface area (Å²) in [6.07, 6.45) is 1.22. The number of hydrogen-bond acceptors (Lipinski definition) is 2. The van der Waals surface area contributed by atoms with Crippen LogP contribution in [0.4, 0.5) is 0 Å². The molecule has 0 aliphatic carbocycles. The van der Waals surface area contributed by atoms with E-state index in [1.807, 2.05) is 0 Å². The Morgan fingerprint density at radius 3 is 2.85 bits per heavy atom. The molecule has 13 heavy (non-hydrogen) atoms. The number of ketones is 1. The minimum atomic E-state index is -0.205. The van der Waals surface area contributed by atoms with E-state index in [4.69, 9.17) is 16.3 Å². The summed E-state index contributed by atoms with van der Waals surface area (Å²) in [6, 6.07) is 5.04. The summed E-state index contributed by atoms with van der Waals surface area (Å²) in [7, 11) is 1.50. The number of ether oxygens (including phenoxy) is 1. The first-order valence-corrected chi connectivity index (χ1v) is 4.07. The van der Waals surface area contributed by atoms with E-state index < -0.39 is 0 Å². The molecule has 0 saturated heterocycles. The van der Waals surface area contributed by atoms with Crippen molar-refractivity contribution in [3.8, 4) is 5.75 Å². The highest BCUT2D eigenvalue weighted by molar-refractivity contribution is 6.35. The van der Waals surface area contributed by atoms with E-state index in [0.29, 0.717) is 16.3 Å². The number of allylic oxidation sites excluding steroid dienone is 1. The lowest BCUT2D eigenvalue weighted by Gasteiger charge is -2.05. The Morgan fingerprint density at radius 1 is 1.62 bits per heavy atom. The fourth-order valence-corrected chi connectivity index (χ4v) is 1.26. The van der Waals surface area contributed by atoms with Crippen LogP contribution in [0, 0.1) is 0 Å². The molecule has 0 unspecified atom stereocenters. The third-order valence-electron chi connectivity index (χ3n) is 1.63. The number of halogens is 1. The van der Waals surface area contributed by atoms with Gasteiger partial charge in [0.05, 0.1) is 12.1 Å². The van der Waals surface area contributed by atoms with Crippen LogP contribution in [0.5, 0.6) is 5.75 Å². The predicted molar refractivity (Wildman–Crippen MR) is 52.5 cm³/mol. The second-order valence-corrected chi connectivity index (χ2v) is 2.77. The van der Waals surface area contributed by atoms with Crippen molar-refractivity contribution in [3.05, 3.63) is 41.4 Å². The van der Waals surface area contributed by atoms with Gasteiger partial charge in [-0.1, -0.05) is 24.2 Å². The molecule has 0 aromatic heterocycles. The summed E-state index contributed by atoms with van der Waals surface area (Å²) in [5.74, 6) is 0.290. The maximum absolute atomic E-state index is 11.2. The van der Waals surface area contributed by atoms with Gasteiger partial charge >= 0.3 is 0 Å². The molecule has 1 aromatic carbocycles. The summed E-state index contributed by atoms with van der Waals surface area (Å²) in [6.45, 7) is 3.38. The molecule has 0 fully saturated rings. The first-order valence-electron chi connectivity index (χ1n) is 3.70. The van der Waals surface area contributed by atoms with Crippen molar-refractivity contribution in [3.63, 3.8) is 0 Å². The zero-order valence-corrected chi connectivity index (χ0v) is 7.97. The Balaban J connectivity index is 3.22. The summed E-state index contributed by atoms with van der Waals surface area (Å²) < 4.78 is 4.96. The van der Waals surface area contributed by atoms with E-state index in [0.717, 1.165) is 0 Å². The zero-order chi connectivity index (χ0) is 9.84. The standard InChI is InChI=1S/C10H9ClO2/c1-3-8(12)7-5-4-6-9(13-2)10(7)11/h3-6H,1H2,2H3. The zero-order valence-electron chi connectivity index (χ0n) is 7.21. The van der Waals surface area contributed by atoms with Crippen LogP contribution in [-0.4, -0.2) is 12.9 Å². The second kappa shape index (κ2) is 4.10. The Labute approximate surface area is 81.8 Å². The number of benzene rings is 1. The van der Waals surface area contributed by atoms with Crippen LogP contribution in [-0.2, 0) is 0 Å². The molecular formula is C10H9ClO2. The highest BCUT2D eigenvalue weighted by Crippen LogP contribution is 2.27. The molecule has 0 amide bonds. The minimum absolute atomic E-state index is 0.205. The molecular weight excluding hydrogens is 188 g/mol. The van der Waals surface area contributed by atoms with Crippen molar-refractivity contribution in [1.29, 1.82) is 0 Å². The molecule has 1 aromatic rings. The fraction of sp³-hybridized carbons (Fsp3) is 0.100. The molecule has 0 aliphatic heterocycles. The molecule has 0 atom stereocenters. The highest BCUT2D eigenvalue weighted by Gasteiger charge is 2.10. The van der Waals surface area contributed by atoms with Crippen molar-refractivity contribution in [2.75, 3.05) is 7.11 Å². The molecule has 0 heterocycles. The predicted octanol–water partition coefficient (Wildman–Crippen LogP) is 2.72. The summed E-state index contributed by atoms with van der Waals surface area (Å²) >= 11 is 5.89. The molecule has 0 N–H and O–H groups in total. The molecule has 0 spiro atoms. The van der Waals surface area contributed by atoms with Crippen LogP contribution in [0.1, 0.15) is 10.4 Å². The Hall–Kier alpha value is -1.28. The van der Waals surface area contributed by atoms with Gasteiger partial charge in [0.25, 0.3) is 0 Å². The van der Waals surface area contributed by atoms with Gasteiger partial charge in [-0.2, -0.15) is 0 Å². The molecule has 0 saturated carbocycles. The van der Waals surface area contributed by atoms with E-state index in [1.54, 1.807) is 18.2 Å². The van der Waals surface area contributed by atoms with E-state index in [-0.39, 0.29) is 5.78 Å². The Morgan fingerprint density at radius 2 is 2.31 bits per heavy atom. The van der Waals surface area contributed by atoms with Gasteiger partial charge in [-0.25, -0.2) is 0 Å². The maximum Gasteiger partial charge on any atom is 0.186 e. The van der Waals surface area contributed by atoms with Crippen LogP contribution in [0.25, 0.3) is 0 Å². The summed E-state index contributed by atoms with van der Waals surface area (Å²) in [4.78, 5) is 11.2. The smallest absolute Gasteiger partial charge is 0.186 e. The van der Waals surface area contributed by atoms with Crippen LogP contribution < -0.4 is 4.74 Å². The van der Waals surface area contributed by atoms with Gasteiger partial charge in [0.15, 0.2) is 5.78 Å². The van der Waals surface area contributed by atoms with Gasteiger partial charge in [-0.15, -0.1) is 0 Å². The third kappa shape index (κ3) is 1.90. The minimum Gasteiger partial charge on any atom is -0.495 e. The average molecular weight is 197 g/mol. The van der Waals surface area contributed by atoms with Crippen molar-refractivity contribution < 1.29 is 9.53 Å². The topological polar surface area (TPSA) is 26.3 Å². The van der Waals surface area contributed by atoms with Crippen molar-refractivity contribution in [2.24, 2.45) is 0 Å². The van der Waals surface area contributed by atoms with Gasteiger partial charge in [0, 0.05) is 5.56 Å². The van der Waals surface area contributed by atoms with Crippen molar-refractivity contribution >= 4 is 17.4 Å². The molecule has 68 valence electrons. The van der Waals surface area contributed by atoms with Gasteiger partial charge in [0.2, 0.25) is 0 Å². The van der Waals surface area contributed by atoms with E-state index in [9.17, 15) is 4.79 Å². The SMILES string of the molecule is C=CC(=O)c1cccc(OC)c1Cl. The third-order valence-corrected chi connectivity index (χ3v) is 2.02. The Bertz CT molecular complexity index is 345. The normalized spacial score (nSPS) is 9.38. The van der Waals surface area contributed by atoms with Crippen molar-refractivity contribution in [2.45, 2.75) is 0 Å². The monoisotopic (exact) mass is 196 g/mol. The first-order chi connectivity index (χ1) is 6.20. The lowest BCUT2D eigenvalue weighted by atomic mass is 10.1. The molecule has 0 radical (unpaired) electrons. The molecule has 1 rings (SSSR count). The number of carbonyl (C=O) groups excluding carboxylic acids is 1. The quantitative estimate of drug-likeness (QED) is 0.549. The van der Waals surface area contributed by atoms with Gasteiger partial charge in [0.1, 0.15) is 5.75 Å². The Kier molecular flexibility index (Phi) is 3.09. The molecule has 0 bridgehead atoms.